The molecule has 0 aromatic carbocycles. The monoisotopic (exact) mass is 215 g/mol. The van der Waals surface area contributed by atoms with Gasteiger partial charge in [0.25, 0.3) is 0 Å². The Bertz CT molecular complexity index is 210. The zero-order valence-electron chi connectivity index (χ0n) is 10.0. The molecule has 0 N–H and O–H groups in total. The molecule has 4 heteroatoms. The highest BCUT2D eigenvalue weighted by Crippen LogP contribution is 2.14. The summed E-state index contributed by atoms with van der Waals surface area (Å²) in [6.45, 7) is 9.81. The number of esters is 1. The highest BCUT2D eigenvalue weighted by molar-refractivity contribution is 5.75. The smallest absolute Gasteiger partial charge is 0.323 e. The fraction of sp³-hybridized carbons (Fsp3) is 0.909. The van der Waals surface area contributed by atoms with Gasteiger partial charge in [0.1, 0.15) is 6.04 Å². The van der Waals surface area contributed by atoms with Gasteiger partial charge < -0.3 is 9.47 Å². The number of ether oxygens (including phenoxy) is 2. The normalized spacial score (nSPS) is 29.9. The maximum absolute atomic E-state index is 11.6. The average molecular weight is 215 g/mol. The van der Waals surface area contributed by atoms with E-state index in [-0.39, 0.29) is 24.2 Å². The first-order chi connectivity index (χ1) is 7.04. The molecule has 0 aromatic rings. The van der Waals surface area contributed by atoms with Crippen molar-refractivity contribution in [1.29, 1.82) is 0 Å². The van der Waals surface area contributed by atoms with Gasteiger partial charge in [-0.3, -0.25) is 9.69 Å². The Hall–Kier alpha value is -0.610. The average Bonchev–Trinajstić information content (AvgIpc) is 2.15. The molecule has 0 aromatic heterocycles. The van der Waals surface area contributed by atoms with Crippen molar-refractivity contribution >= 4 is 5.97 Å². The van der Waals surface area contributed by atoms with Gasteiger partial charge in [0.15, 0.2) is 0 Å². The van der Waals surface area contributed by atoms with Crippen molar-refractivity contribution in [2.24, 2.45) is 0 Å². The molecular formula is C11H21NO3. The second-order valence-corrected chi connectivity index (χ2v) is 4.14. The van der Waals surface area contributed by atoms with Crippen molar-refractivity contribution in [2.45, 2.75) is 45.9 Å². The number of hydrogen-bond acceptors (Lipinski definition) is 4. The lowest BCUT2D eigenvalue weighted by Crippen LogP contribution is -2.51. The van der Waals surface area contributed by atoms with Crippen LogP contribution in [0.4, 0.5) is 0 Å². The third-order valence-electron chi connectivity index (χ3n) is 2.62. The van der Waals surface area contributed by atoms with Crippen molar-refractivity contribution < 1.29 is 14.3 Å². The van der Waals surface area contributed by atoms with Gasteiger partial charge in [0.2, 0.25) is 0 Å². The van der Waals surface area contributed by atoms with E-state index in [2.05, 4.69) is 4.90 Å². The molecule has 3 atom stereocenters. The van der Waals surface area contributed by atoms with Crippen LogP contribution in [0.3, 0.4) is 0 Å². The Morgan fingerprint density at radius 3 is 2.47 bits per heavy atom. The molecule has 88 valence electrons. The fourth-order valence-electron chi connectivity index (χ4n) is 1.95. The summed E-state index contributed by atoms with van der Waals surface area (Å²) < 4.78 is 10.6. The molecule has 3 unspecified atom stereocenters. The molecule has 1 heterocycles. The topological polar surface area (TPSA) is 38.8 Å². The zero-order chi connectivity index (χ0) is 11.4. The van der Waals surface area contributed by atoms with Crippen LogP contribution < -0.4 is 0 Å². The van der Waals surface area contributed by atoms with Gasteiger partial charge in [-0.25, -0.2) is 0 Å². The highest BCUT2D eigenvalue weighted by Gasteiger charge is 2.29. The van der Waals surface area contributed by atoms with Crippen LogP contribution in [0.2, 0.25) is 0 Å². The Morgan fingerprint density at radius 1 is 1.47 bits per heavy atom. The van der Waals surface area contributed by atoms with E-state index in [0.717, 1.165) is 13.1 Å². The van der Waals surface area contributed by atoms with Gasteiger partial charge in [-0.05, 0) is 27.7 Å². The van der Waals surface area contributed by atoms with E-state index in [1.54, 1.807) is 0 Å². The van der Waals surface area contributed by atoms with Gasteiger partial charge in [-0.2, -0.15) is 0 Å². The van der Waals surface area contributed by atoms with Crippen molar-refractivity contribution in [1.82, 2.24) is 4.90 Å². The van der Waals surface area contributed by atoms with Crippen LogP contribution >= 0.6 is 0 Å². The fourth-order valence-corrected chi connectivity index (χ4v) is 1.95. The van der Waals surface area contributed by atoms with E-state index >= 15 is 0 Å². The minimum atomic E-state index is -0.168. The minimum Gasteiger partial charge on any atom is -0.465 e. The second-order valence-electron chi connectivity index (χ2n) is 4.14. The van der Waals surface area contributed by atoms with E-state index in [1.165, 1.54) is 0 Å². The van der Waals surface area contributed by atoms with Crippen LogP contribution in [-0.4, -0.2) is 48.8 Å². The van der Waals surface area contributed by atoms with Gasteiger partial charge in [-0.1, -0.05) is 0 Å². The van der Waals surface area contributed by atoms with Crippen molar-refractivity contribution in [2.75, 3.05) is 19.7 Å². The first kappa shape index (κ1) is 12.5. The lowest BCUT2D eigenvalue weighted by Gasteiger charge is -2.37. The molecule has 15 heavy (non-hydrogen) atoms. The summed E-state index contributed by atoms with van der Waals surface area (Å²) in [5.41, 5.74) is 0. The number of morpholine rings is 1. The zero-order valence-corrected chi connectivity index (χ0v) is 10.0. The lowest BCUT2D eigenvalue weighted by molar-refractivity contribution is -0.153. The van der Waals surface area contributed by atoms with Crippen LogP contribution in [0, 0.1) is 0 Å². The summed E-state index contributed by atoms with van der Waals surface area (Å²) in [4.78, 5) is 13.7. The third kappa shape index (κ3) is 3.47. The molecule has 4 nitrogen and oxygen atoms in total. The van der Waals surface area contributed by atoms with Crippen molar-refractivity contribution in [3.63, 3.8) is 0 Å². The molecule has 1 fully saturated rings. The van der Waals surface area contributed by atoms with Crippen LogP contribution in [0.15, 0.2) is 0 Å². The SMILES string of the molecule is CCOC(=O)C(C)N1CC(C)OC(C)C1. The summed E-state index contributed by atoms with van der Waals surface area (Å²) in [6, 6.07) is -0.168. The summed E-state index contributed by atoms with van der Waals surface area (Å²) in [7, 11) is 0. The second kappa shape index (κ2) is 5.47. The molecule has 1 aliphatic heterocycles. The number of rotatable bonds is 3. The Morgan fingerprint density at radius 2 is 2.00 bits per heavy atom. The maximum Gasteiger partial charge on any atom is 0.323 e. The molecule has 0 spiro atoms. The van der Waals surface area contributed by atoms with E-state index in [0.29, 0.717) is 6.61 Å². The minimum absolute atomic E-state index is 0.140. The number of nitrogens with zero attached hydrogens (tertiary/aromatic N) is 1. The molecule has 0 bridgehead atoms. The summed E-state index contributed by atoms with van der Waals surface area (Å²) >= 11 is 0. The van der Waals surface area contributed by atoms with Crippen LogP contribution in [0.1, 0.15) is 27.7 Å². The number of hydrogen-bond donors (Lipinski definition) is 0. The highest BCUT2D eigenvalue weighted by atomic mass is 16.5. The Labute approximate surface area is 91.5 Å². The van der Waals surface area contributed by atoms with Crippen LogP contribution in [0.5, 0.6) is 0 Å². The molecular weight excluding hydrogens is 194 g/mol. The van der Waals surface area contributed by atoms with Crippen molar-refractivity contribution in [3.8, 4) is 0 Å². The number of carbonyl (C=O) groups is 1. The predicted molar refractivity (Wildman–Crippen MR) is 57.7 cm³/mol. The first-order valence-corrected chi connectivity index (χ1v) is 5.60. The van der Waals surface area contributed by atoms with Crippen LogP contribution in [-0.2, 0) is 14.3 Å². The van der Waals surface area contributed by atoms with E-state index in [9.17, 15) is 4.79 Å². The third-order valence-corrected chi connectivity index (χ3v) is 2.62. The molecule has 0 amide bonds. The van der Waals surface area contributed by atoms with Gasteiger partial charge in [0.05, 0.1) is 18.8 Å². The van der Waals surface area contributed by atoms with E-state index < -0.39 is 0 Å². The predicted octanol–water partition coefficient (Wildman–Crippen LogP) is 1.05. The molecule has 1 saturated heterocycles. The van der Waals surface area contributed by atoms with Gasteiger partial charge in [0, 0.05) is 13.1 Å². The molecule has 1 rings (SSSR count). The van der Waals surface area contributed by atoms with E-state index in [1.807, 2.05) is 27.7 Å². The quantitative estimate of drug-likeness (QED) is 0.660. The Kier molecular flexibility index (Phi) is 4.54. The lowest BCUT2D eigenvalue weighted by atomic mass is 10.2. The molecule has 0 aliphatic carbocycles. The van der Waals surface area contributed by atoms with E-state index in [4.69, 9.17) is 9.47 Å². The van der Waals surface area contributed by atoms with Gasteiger partial charge >= 0.3 is 5.97 Å². The summed E-state index contributed by atoms with van der Waals surface area (Å²) in [6.07, 6.45) is 0.372. The maximum atomic E-state index is 11.6. The molecule has 0 radical (unpaired) electrons. The summed E-state index contributed by atoms with van der Waals surface area (Å²) in [5, 5.41) is 0. The van der Waals surface area contributed by atoms with Crippen molar-refractivity contribution in [3.05, 3.63) is 0 Å². The Balaban J connectivity index is 2.51. The summed E-state index contributed by atoms with van der Waals surface area (Å²) in [5.74, 6) is -0.140. The van der Waals surface area contributed by atoms with Gasteiger partial charge in [-0.15, -0.1) is 0 Å². The molecule has 1 aliphatic rings. The van der Waals surface area contributed by atoms with Crippen LogP contribution in [0.25, 0.3) is 0 Å². The standard InChI is InChI=1S/C11H21NO3/c1-5-14-11(13)10(4)12-6-8(2)15-9(3)7-12/h8-10H,5-7H2,1-4H3. The number of carbonyl (C=O) groups excluding carboxylic acids is 1. The molecule has 0 saturated carbocycles. The first-order valence-electron chi connectivity index (χ1n) is 5.60. The largest absolute Gasteiger partial charge is 0.465 e.